The summed E-state index contributed by atoms with van der Waals surface area (Å²) < 4.78 is 11.0. The van der Waals surface area contributed by atoms with Gasteiger partial charge in [-0.15, -0.1) is 0 Å². The molecule has 1 saturated heterocycles. The number of ether oxygens (including phenoxy) is 2. The van der Waals surface area contributed by atoms with Gasteiger partial charge in [0.1, 0.15) is 0 Å². The topological polar surface area (TPSA) is 42.3 Å². The van der Waals surface area contributed by atoms with Crippen molar-refractivity contribution in [1.82, 2.24) is 0 Å². The molecule has 1 spiro atoms. The zero-order chi connectivity index (χ0) is 9.31. The van der Waals surface area contributed by atoms with Crippen LogP contribution in [0.3, 0.4) is 0 Å². The summed E-state index contributed by atoms with van der Waals surface area (Å²) in [4.78, 5) is 0. The predicted molar refractivity (Wildman–Crippen MR) is 50.2 cm³/mol. The fourth-order valence-electron chi connectivity index (χ4n) is 2.11. The van der Waals surface area contributed by atoms with E-state index in [0.717, 1.165) is 12.8 Å². The highest BCUT2D eigenvalue weighted by Crippen LogP contribution is 2.37. The molecule has 1 saturated carbocycles. The van der Waals surface area contributed by atoms with E-state index in [9.17, 15) is 0 Å². The van der Waals surface area contributed by atoms with Crippen molar-refractivity contribution < 1.29 is 9.47 Å². The van der Waals surface area contributed by atoms with Crippen LogP contribution in [0.4, 0.5) is 0 Å². The number of hydrogen-bond donors (Lipinski definition) is 1. The minimum atomic E-state index is -0.597. The minimum Gasteiger partial charge on any atom is -0.343 e. The van der Waals surface area contributed by atoms with Gasteiger partial charge in [0.15, 0.2) is 5.17 Å². The number of hydrogen-bond acceptors (Lipinski definition) is 3. The molecule has 0 radical (unpaired) electrons. The Balaban J connectivity index is 1.98. The van der Waals surface area contributed by atoms with Gasteiger partial charge in [0.05, 0.1) is 12.2 Å². The van der Waals surface area contributed by atoms with E-state index in [1.165, 1.54) is 19.3 Å². The Morgan fingerprint density at radius 1 is 1.31 bits per heavy atom. The highest BCUT2D eigenvalue weighted by atomic mass is 35.5. The number of rotatable bonds is 1. The van der Waals surface area contributed by atoms with Crippen LogP contribution in [0.15, 0.2) is 0 Å². The van der Waals surface area contributed by atoms with E-state index in [2.05, 4.69) is 0 Å². The maximum Gasteiger partial charge on any atom is 0.212 e. The fraction of sp³-hybridized carbons (Fsp3) is 0.889. The summed E-state index contributed by atoms with van der Waals surface area (Å²) in [6.45, 7) is 0.604. The van der Waals surface area contributed by atoms with Crippen LogP contribution in [0.2, 0.25) is 0 Å². The van der Waals surface area contributed by atoms with Crippen molar-refractivity contribution in [3.05, 3.63) is 0 Å². The molecule has 1 N–H and O–H groups in total. The zero-order valence-corrected chi connectivity index (χ0v) is 8.27. The summed E-state index contributed by atoms with van der Waals surface area (Å²) in [5.74, 6) is 0. The van der Waals surface area contributed by atoms with E-state index < -0.39 is 6.29 Å². The second-order valence-corrected chi connectivity index (χ2v) is 4.26. The van der Waals surface area contributed by atoms with E-state index >= 15 is 0 Å². The third-order valence-corrected chi connectivity index (χ3v) is 3.00. The fourth-order valence-corrected chi connectivity index (χ4v) is 2.21. The van der Waals surface area contributed by atoms with Gasteiger partial charge in [-0.1, -0.05) is 30.9 Å². The SMILES string of the molecule is N=C(Cl)C1OCC2(CCCCC2)O1. The quantitative estimate of drug-likeness (QED) is 0.665. The third kappa shape index (κ3) is 1.87. The molecule has 0 amide bonds. The smallest absolute Gasteiger partial charge is 0.212 e. The molecule has 4 heteroatoms. The molecular weight excluding hydrogens is 190 g/mol. The molecule has 1 heterocycles. The van der Waals surface area contributed by atoms with Crippen LogP contribution in [0.1, 0.15) is 32.1 Å². The average Bonchev–Trinajstić information content (AvgIpc) is 2.51. The molecule has 1 atom stereocenters. The van der Waals surface area contributed by atoms with Gasteiger partial charge in [0, 0.05) is 0 Å². The maximum absolute atomic E-state index is 7.21. The number of halogens is 1. The molecule has 2 fully saturated rings. The first-order valence-corrected chi connectivity index (χ1v) is 5.13. The Morgan fingerprint density at radius 2 is 2.00 bits per heavy atom. The van der Waals surface area contributed by atoms with Crippen molar-refractivity contribution in [2.75, 3.05) is 6.61 Å². The molecule has 1 aliphatic heterocycles. The Hall–Kier alpha value is -0.120. The molecule has 74 valence electrons. The van der Waals surface area contributed by atoms with Crippen LogP contribution >= 0.6 is 11.6 Å². The van der Waals surface area contributed by atoms with Crippen molar-refractivity contribution >= 4 is 16.8 Å². The first kappa shape index (κ1) is 9.44. The van der Waals surface area contributed by atoms with E-state index in [0.29, 0.717) is 6.61 Å². The maximum atomic E-state index is 7.21. The van der Waals surface area contributed by atoms with Crippen LogP contribution in [-0.2, 0) is 9.47 Å². The summed E-state index contributed by atoms with van der Waals surface area (Å²) in [7, 11) is 0. The van der Waals surface area contributed by atoms with Gasteiger partial charge in [-0.25, -0.2) is 0 Å². The summed E-state index contributed by atoms with van der Waals surface area (Å²) in [6, 6.07) is 0. The molecule has 0 aromatic carbocycles. The lowest BCUT2D eigenvalue weighted by Gasteiger charge is -2.30. The Kier molecular flexibility index (Phi) is 2.58. The first-order valence-electron chi connectivity index (χ1n) is 4.75. The molecule has 2 aliphatic rings. The van der Waals surface area contributed by atoms with Crippen molar-refractivity contribution in [2.24, 2.45) is 0 Å². The summed E-state index contributed by atoms with van der Waals surface area (Å²) in [5.41, 5.74) is -0.121. The van der Waals surface area contributed by atoms with Crippen molar-refractivity contribution in [1.29, 1.82) is 5.41 Å². The highest BCUT2D eigenvalue weighted by molar-refractivity contribution is 6.65. The van der Waals surface area contributed by atoms with Gasteiger partial charge in [-0.2, -0.15) is 0 Å². The van der Waals surface area contributed by atoms with Crippen LogP contribution in [0, 0.1) is 5.41 Å². The molecule has 2 rings (SSSR count). The molecule has 3 nitrogen and oxygen atoms in total. The first-order chi connectivity index (χ1) is 6.22. The van der Waals surface area contributed by atoms with Crippen molar-refractivity contribution in [3.8, 4) is 0 Å². The molecule has 0 bridgehead atoms. The summed E-state index contributed by atoms with van der Waals surface area (Å²) in [5, 5.41) is 7.17. The lowest BCUT2D eigenvalue weighted by atomic mass is 9.86. The molecule has 0 aromatic rings. The molecular formula is C9H14ClNO2. The minimum absolute atomic E-state index is 0.0394. The second kappa shape index (κ2) is 3.56. The van der Waals surface area contributed by atoms with Crippen LogP contribution in [0.25, 0.3) is 0 Å². The van der Waals surface area contributed by atoms with E-state index in [1.807, 2.05) is 0 Å². The van der Waals surface area contributed by atoms with E-state index in [4.69, 9.17) is 26.5 Å². The van der Waals surface area contributed by atoms with Crippen molar-refractivity contribution in [3.63, 3.8) is 0 Å². The van der Waals surface area contributed by atoms with Gasteiger partial charge < -0.3 is 9.47 Å². The van der Waals surface area contributed by atoms with Gasteiger partial charge in [0.2, 0.25) is 6.29 Å². The predicted octanol–water partition coefficient (Wildman–Crippen LogP) is 2.28. The average molecular weight is 204 g/mol. The zero-order valence-electron chi connectivity index (χ0n) is 7.51. The van der Waals surface area contributed by atoms with Gasteiger partial charge in [-0.3, -0.25) is 5.41 Å². The summed E-state index contributed by atoms with van der Waals surface area (Å²) >= 11 is 5.52. The second-order valence-electron chi connectivity index (χ2n) is 3.85. The molecule has 1 unspecified atom stereocenters. The van der Waals surface area contributed by atoms with Crippen molar-refractivity contribution in [2.45, 2.75) is 44.0 Å². The lowest BCUT2D eigenvalue weighted by Crippen LogP contribution is -2.35. The summed E-state index contributed by atoms with van der Waals surface area (Å²) in [6.07, 6.45) is 5.19. The molecule has 13 heavy (non-hydrogen) atoms. The van der Waals surface area contributed by atoms with Gasteiger partial charge >= 0.3 is 0 Å². The molecule has 1 aliphatic carbocycles. The monoisotopic (exact) mass is 203 g/mol. The van der Waals surface area contributed by atoms with Crippen LogP contribution < -0.4 is 0 Å². The van der Waals surface area contributed by atoms with E-state index in [1.54, 1.807) is 0 Å². The van der Waals surface area contributed by atoms with E-state index in [-0.39, 0.29) is 10.8 Å². The van der Waals surface area contributed by atoms with Crippen LogP contribution in [-0.4, -0.2) is 23.7 Å². The number of nitrogens with one attached hydrogen (secondary N) is 1. The van der Waals surface area contributed by atoms with Gasteiger partial charge in [0.25, 0.3) is 0 Å². The Labute approximate surface area is 82.9 Å². The highest BCUT2D eigenvalue weighted by Gasteiger charge is 2.42. The standard InChI is InChI=1S/C9H14ClNO2/c10-7(11)8-12-6-9(13-8)4-2-1-3-5-9/h8,11H,1-6H2. The Bertz CT molecular complexity index is 214. The largest absolute Gasteiger partial charge is 0.343 e. The normalized spacial score (nSPS) is 32.2. The Morgan fingerprint density at radius 3 is 2.54 bits per heavy atom. The van der Waals surface area contributed by atoms with Crippen LogP contribution in [0.5, 0.6) is 0 Å². The molecule has 0 aromatic heterocycles. The van der Waals surface area contributed by atoms with Gasteiger partial charge in [-0.05, 0) is 12.8 Å². The third-order valence-electron chi connectivity index (χ3n) is 2.83. The lowest BCUT2D eigenvalue weighted by molar-refractivity contribution is -0.0602.